The average Bonchev–Trinajstić information content (AvgIpc) is 2.47. The van der Waals surface area contributed by atoms with E-state index < -0.39 is 0 Å². The van der Waals surface area contributed by atoms with Crippen LogP contribution >= 0.6 is 12.2 Å². The van der Waals surface area contributed by atoms with Gasteiger partial charge >= 0.3 is 0 Å². The number of nitrogens with one attached hydrogen (secondary N) is 2. The van der Waals surface area contributed by atoms with Crippen LogP contribution in [0.3, 0.4) is 0 Å². The fourth-order valence-electron chi connectivity index (χ4n) is 2.34. The van der Waals surface area contributed by atoms with Crippen LogP contribution < -0.4 is 10.6 Å². The van der Waals surface area contributed by atoms with E-state index in [2.05, 4.69) is 49.6 Å². The SMILES string of the molecule is CCCCCCCCCNC(=S)Nc1cccc(C)c1C. The minimum atomic E-state index is 0.731. The number of benzene rings is 1. The zero-order valence-electron chi connectivity index (χ0n) is 13.8. The van der Waals surface area contributed by atoms with Crippen LogP contribution in [-0.4, -0.2) is 11.7 Å². The van der Waals surface area contributed by atoms with E-state index in [1.54, 1.807) is 0 Å². The van der Waals surface area contributed by atoms with Crippen molar-refractivity contribution in [3.8, 4) is 0 Å². The van der Waals surface area contributed by atoms with Gasteiger partial charge in [-0.05, 0) is 49.7 Å². The third-order valence-electron chi connectivity index (χ3n) is 3.92. The molecule has 2 N–H and O–H groups in total. The van der Waals surface area contributed by atoms with E-state index in [4.69, 9.17) is 12.2 Å². The van der Waals surface area contributed by atoms with Gasteiger partial charge < -0.3 is 10.6 Å². The molecule has 0 aliphatic heterocycles. The van der Waals surface area contributed by atoms with Gasteiger partial charge in [0, 0.05) is 12.2 Å². The van der Waals surface area contributed by atoms with Gasteiger partial charge in [0.25, 0.3) is 0 Å². The van der Waals surface area contributed by atoms with Crippen molar-refractivity contribution in [3.05, 3.63) is 29.3 Å². The molecule has 1 aromatic rings. The molecule has 3 heteroatoms. The lowest BCUT2D eigenvalue weighted by atomic mass is 10.1. The highest BCUT2D eigenvalue weighted by atomic mass is 32.1. The lowest BCUT2D eigenvalue weighted by Gasteiger charge is -2.13. The molecule has 0 aliphatic rings. The molecule has 0 spiro atoms. The van der Waals surface area contributed by atoms with Gasteiger partial charge in [0.2, 0.25) is 0 Å². The number of anilines is 1. The quantitative estimate of drug-likeness (QED) is 0.475. The van der Waals surface area contributed by atoms with Crippen LogP contribution in [0, 0.1) is 13.8 Å². The van der Waals surface area contributed by atoms with Crippen LogP contribution in [0.25, 0.3) is 0 Å². The standard InChI is InChI=1S/C18H30N2S/c1-4-5-6-7-8-9-10-14-19-18(21)20-17-13-11-12-15(2)16(17)3/h11-13H,4-10,14H2,1-3H3,(H2,19,20,21). The molecule has 2 nitrogen and oxygen atoms in total. The number of rotatable bonds is 9. The number of thiocarbonyl (C=S) groups is 1. The molecule has 0 unspecified atom stereocenters. The van der Waals surface area contributed by atoms with E-state index in [9.17, 15) is 0 Å². The van der Waals surface area contributed by atoms with Crippen molar-refractivity contribution >= 4 is 23.0 Å². The largest absolute Gasteiger partial charge is 0.362 e. The summed E-state index contributed by atoms with van der Waals surface area (Å²) in [5, 5.41) is 7.32. The molecule has 118 valence electrons. The summed E-state index contributed by atoms with van der Waals surface area (Å²) in [6, 6.07) is 6.25. The van der Waals surface area contributed by atoms with E-state index in [0.717, 1.165) is 17.3 Å². The van der Waals surface area contributed by atoms with Crippen LogP contribution in [0.1, 0.15) is 63.0 Å². The molecule has 0 aromatic heterocycles. The second-order valence-electron chi connectivity index (χ2n) is 5.75. The van der Waals surface area contributed by atoms with Gasteiger partial charge in [-0.25, -0.2) is 0 Å². The van der Waals surface area contributed by atoms with E-state index in [0.29, 0.717) is 0 Å². The number of hydrogen-bond donors (Lipinski definition) is 2. The molecule has 1 aromatic carbocycles. The van der Waals surface area contributed by atoms with Crippen LogP contribution in [0.2, 0.25) is 0 Å². The molecule has 0 radical (unpaired) electrons. The van der Waals surface area contributed by atoms with Crippen molar-refractivity contribution in [1.29, 1.82) is 0 Å². The Labute approximate surface area is 135 Å². The Morgan fingerprint density at radius 1 is 1.00 bits per heavy atom. The molecule has 21 heavy (non-hydrogen) atoms. The molecule has 0 heterocycles. The second-order valence-corrected chi connectivity index (χ2v) is 6.16. The summed E-state index contributed by atoms with van der Waals surface area (Å²) in [4.78, 5) is 0. The van der Waals surface area contributed by atoms with E-state index >= 15 is 0 Å². The average molecular weight is 307 g/mol. The minimum Gasteiger partial charge on any atom is -0.362 e. The topological polar surface area (TPSA) is 24.1 Å². The molecule has 0 amide bonds. The van der Waals surface area contributed by atoms with Crippen molar-refractivity contribution in [2.75, 3.05) is 11.9 Å². The summed E-state index contributed by atoms with van der Waals surface area (Å²) in [5.74, 6) is 0. The molecule has 0 saturated heterocycles. The maximum atomic E-state index is 5.35. The first kappa shape index (κ1) is 18.0. The van der Waals surface area contributed by atoms with Gasteiger partial charge in [0.05, 0.1) is 0 Å². The lowest BCUT2D eigenvalue weighted by Crippen LogP contribution is -2.29. The summed E-state index contributed by atoms with van der Waals surface area (Å²) in [7, 11) is 0. The molecule has 0 aliphatic carbocycles. The molecular weight excluding hydrogens is 276 g/mol. The normalized spacial score (nSPS) is 10.4. The minimum absolute atomic E-state index is 0.731. The van der Waals surface area contributed by atoms with Crippen LogP contribution in [-0.2, 0) is 0 Å². The maximum Gasteiger partial charge on any atom is 0.170 e. The Balaban J connectivity index is 2.13. The smallest absolute Gasteiger partial charge is 0.170 e. The Hall–Kier alpha value is -1.09. The molecular formula is C18H30N2S. The third-order valence-corrected chi connectivity index (χ3v) is 4.17. The molecule has 1 rings (SSSR count). The fourth-order valence-corrected chi connectivity index (χ4v) is 2.55. The summed E-state index contributed by atoms with van der Waals surface area (Å²) < 4.78 is 0. The predicted molar refractivity (Wildman–Crippen MR) is 98.1 cm³/mol. The van der Waals surface area contributed by atoms with Gasteiger partial charge in [-0.2, -0.15) is 0 Å². The Kier molecular flexibility index (Phi) is 9.07. The van der Waals surface area contributed by atoms with Gasteiger partial charge in [0.1, 0.15) is 0 Å². The predicted octanol–water partition coefficient (Wildman–Crippen LogP) is 5.34. The Morgan fingerprint density at radius 3 is 2.38 bits per heavy atom. The molecule has 0 saturated carbocycles. The molecule has 0 atom stereocenters. The third kappa shape index (κ3) is 7.47. The first-order valence-electron chi connectivity index (χ1n) is 8.26. The highest BCUT2D eigenvalue weighted by molar-refractivity contribution is 7.80. The number of hydrogen-bond acceptors (Lipinski definition) is 1. The lowest BCUT2D eigenvalue weighted by molar-refractivity contribution is 0.586. The Morgan fingerprint density at radius 2 is 1.67 bits per heavy atom. The van der Waals surface area contributed by atoms with Crippen molar-refractivity contribution < 1.29 is 0 Å². The summed E-state index contributed by atoms with van der Waals surface area (Å²) >= 11 is 5.35. The fraction of sp³-hybridized carbons (Fsp3) is 0.611. The maximum absolute atomic E-state index is 5.35. The highest BCUT2D eigenvalue weighted by Crippen LogP contribution is 2.17. The van der Waals surface area contributed by atoms with Crippen molar-refractivity contribution in [3.63, 3.8) is 0 Å². The summed E-state index contributed by atoms with van der Waals surface area (Å²) in [6.07, 6.45) is 9.29. The van der Waals surface area contributed by atoms with E-state index in [1.807, 2.05) is 0 Å². The van der Waals surface area contributed by atoms with Gasteiger partial charge in [-0.15, -0.1) is 0 Å². The van der Waals surface area contributed by atoms with E-state index in [-0.39, 0.29) is 0 Å². The van der Waals surface area contributed by atoms with Crippen LogP contribution in [0.5, 0.6) is 0 Å². The zero-order chi connectivity index (χ0) is 15.5. The molecule has 0 fully saturated rings. The first-order valence-corrected chi connectivity index (χ1v) is 8.67. The van der Waals surface area contributed by atoms with Gasteiger partial charge in [0.15, 0.2) is 5.11 Å². The van der Waals surface area contributed by atoms with Crippen LogP contribution in [0.4, 0.5) is 5.69 Å². The summed E-state index contributed by atoms with van der Waals surface area (Å²) in [5.41, 5.74) is 3.65. The van der Waals surface area contributed by atoms with Crippen molar-refractivity contribution in [2.45, 2.75) is 65.7 Å². The van der Waals surface area contributed by atoms with Crippen molar-refractivity contribution in [1.82, 2.24) is 5.32 Å². The van der Waals surface area contributed by atoms with E-state index in [1.165, 1.54) is 56.1 Å². The van der Waals surface area contributed by atoms with Gasteiger partial charge in [-0.3, -0.25) is 0 Å². The molecule has 0 bridgehead atoms. The number of unbranched alkanes of at least 4 members (excludes halogenated alkanes) is 6. The highest BCUT2D eigenvalue weighted by Gasteiger charge is 2.02. The van der Waals surface area contributed by atoms with Crippen LogP contribution in [0.15, 0.2) is 18.2 Å². The van der Waals surface area contributed by atoms with Gasteiger partial charge in [-0.1, -0.05) is 57.6 Å². The first-order chi connectivity index (χ1) is 10.1. The second kappa shape index (κ2) is 10.6. The Bertz CT molecular complexity index is 429. The van der Waals surface area contributed by atoms with Crippen molar-refractivity contribution in [2.24, 2.45) is 0 Å². The number of aryl methyl sites for hydroxylation is 1. The zero-order valence-corrected chi connectivity index (χ0v) is 14.6. The summed E-state index contributed by atoms with van der Waals surface area (Å²) in [6.45, 7) is 7.46. The monoisotopic (exact) mass is 306 g/mol.